The first-order valence-corrected chi connectivity index (χ1v) is 9.16. The predicted octanol–water partition coefficient (Wildman–Crippen LogP) is 4.06. The lowest BCUT2D eigenvalue weighted by Gasteiger charge is -2.12. The van der Waals surface area contributed by atoms with Gasteiger partial charge in [-0.3, -0.25) is 4.98 Å². The van der Waals surface area contributed by atoms with Crippen molar-refractivity contribution in [3.05, 3.63) is 76.2 Å². The molecule has 0 atom stereocenters. The molecule has 2 aromatic heterocycles. The molecule has 4 nitrogen and oxygen atoms in total. The van der Waals surface area contributed by atoms with Crippen LogP contribution >= 0.6 is 11.3 Å². The highest BCUT2D eigenvalue weighted by Crippen LogP contribution is 2.29. The van der Waals surface area contributed by atoms with Crippen molar-refractivity contribution in [2.75, 3.05) is 13.7 Å². The van der Waals surface area contributed by atoms with E-state index in [0.29, 0.717) is 6.61 Å². The Balaban J connectivity index is 1.50. The summed E-state index contributed by atoms with van der Waals surface area (Å²) in [4.78, 5) is 5.52. The predicted molar refractivity (Wildman–Crippen MR) is 101 cm³/mol. The zero-order valence-corrected chi connectivity index (χ0v) is 15.1. The van der Waals surface area contributed by atoms with Crippen LogP contribution in [0.15, 0.2) is 60.1 Å². The Hall–Kier alpha value is -2.37. The van der Waals surface area contributed by atoms with Gasteiger partial charge in [-0.25, -0.2) is 0 Å². The lowest BCUT2D eigenvalue weighted by atomic mass is 10.2. The molecule has 0 aliphatic rings. The Bertz CT molecular complexity index is 761. The average molecular weight is 354 g/mol. The third kappa shape index (κ3) is 5.31. The van der Waals surface area contributed by atoms with Crippen LogP contribution in [0.2, 0.25) is 0 Å². The summed E-state index contributed by atoms with van der Waals surface area (Å²) in [5.74, 6) is 1.54. The molecule has 1 N–H and O–H groups in total. The maximum Gasteiger partial charge on any atom is 0.161 e. The van der Waals surface area contributed by atoms with Gasteiger partial charge < -0.3 is 14.8 Å². The summed E-state index contributed by atoms with van der Waals surface area (Å²) in [5.41, 5.74) is 2.27. The molecule has 130 valence electrons. The molecule has 0 saturated heterocycles. The monoisotopic (exact) mass is 354 g/mol. The summed E-state index contributed by atoms with van der Waals surface area (Å²) in [6.07, 6.45) is 2.75. The van der Waals surface area contributed by atoms with E-state index in [-0.39, 0.29) is 0 Å². The van der Waals surface area contributed by atoms with Gasteiger partial charge in [-0.05, 0) is 41.3 Å². The summed E-state index contributed by atoms with van der Waals surface area (Å²) in [6, 6.07) is 16.2. The number of nitrogens with zero attached hydrogens (tertiary/aromatic N) is 1. The van der Waals surface area contributed by atoms with Crippen molar-refractivity contribution in [1.29, 1.82) is 0 Å². The lowest BCUT2D eigenvalue weighted by Crippen LogP contribution is -2.17. The molecule has 1 aromatic carbocycles. The number of hydrogen-bond acceptors (Lipinski definition) is 5. The van der Waals surface area contributed by atoms with Gasteiger partial charge in [0.25, 0.3) is 0 Å². The van der Waals surface area contributed by atoms with Crippen molar-refractivity contribution in [1.82, 2.24) is 10.3 Å². The van der Waals surface area contributed by atoms with Gasteiger partial charge in [0.05, 0.1) is 7.11 Å². The number of methoxy groups -OCH3 is 1. The quantitative estimate of drug-likeness (QED) is 0.589. The summed E-state index contributed by atoms with van der Waals surface area (Å²) in [5, 5.41) is 5.49. The van der Waals surface area contributed by atoms with E-state index in [2.05, 4.69) is 27.8 Å². The number of thiophene rings is 1. The van der Waals surface area contributed by atoms with E-state index in [1.54, 1.807) is 18.4 Å². The number of benzene rings is 1. The molecule has 25 heavy (non-hydrogen) atoms. The Morgan fingerprint density at radius 1 is 1.08 bits per heavy atom. The largest absolute Gasteiger partial charge is 0.493 e. The van der Waals surface area contributed by atoms with Gasteiger partial charge in [0.2, 0.25) is 0 Å². The number of rotatable bonds is 9. The second kappa shape index (κ2) is 9.20. The van der Waals surface area contributed by atoms with Crippen LogP contribution in [0.1, 0.15) is 16.1 Å². The van der Waals surface area contributed by atoms with Crippen LogP contribution in [-0.2, 0) is 19.6 Å². The van der Waals surface area contributed by atoms with Crippen molar-refractivity contribution in [3.63, 3.8) is 0 Å². The first-order chi connectivity index (χ1) is 12.3. The number of aromatic nitrogens is 1. The molecular weight excluding hydrogens is 332 g/mol. The van der Waals surface area contributed by atoms with Crippen molar-refractivity contribution < 1.29 is 9.47 Å². The highest BCUT2D eigenvalue weighted by molar-refractivity contribution is 7.09. The zero-order valence-electron chi connectivity index (χ0n) is 14.3. The van der Waals surface area contributed by atoms with Crippen LogP contribution in [-0.4, -0.2) is 18.6 Å². The minimum atomic E-state index is 0.565. The third-order valence-electron chi connectivity index (χ3n) is 3.79. The molecule has 0 amide bonds. The zero-order chi connectivity index (χ0) is 17.3. The fourth-order valence-corrected chi connectivity index (χ4v) is 3.10. The lowest BCUT2D eigenvalue weighted by molar-refractivity contribution is 0.287. The molecule has 3 aromatic rings. The average Bonchev–Trinajstić information content (AvgIpc) is 3.18. The Labute approximate surface area is 152 Å². The molecule has 5 heteroatoms. The maximum absolute atomic E-state index is 5.87. The van der Waals surface area contributed by atoms with Gasteiger partial charge in [0, 0.05) is 36.3 Å². The first-order valence-electron chi connectivity index (χ1n) is 8.28. The third-order valence-corrected chi connectivity index (χ3v) is 4.64. The van der Waals surface area contributed by atoms with Crippen LogP contribution in [0.5, 0.6) is 11.5 Å². The van der Waals surface area contributed by atoms with Gasteiger partial charge in [0.1, 0.15) is 6.61 Å². The summed E-state index contributed by atoms with van der Waals surface area (Å²) >= 11 is 1.69. The molecule has 2 heterocycles. The molecule has 0 aliphatic carbocycles. The van der Waals surface area contributed by atoms with Crippen LogP contribution in [0, 0.1) is 0 Å². The van der Waals surface area contributed by atoms with Crippen LogP contribution in [0.3, 0.4) is 0 Å². The van der Waals surface area contributed by atoms with Crippen molar-refractivity contribution >= 4 is 11.3 Å². The molecule has 0 bridgehead atoms. The Morgan fingerprint density at radius 3 is 2.80 bits per heavy atom. The summed E-state index contributed by atoms with van der Waals surface area (Å²) in [7, 11) is 1.67. The molecule has 0 radical (unpaired) electrons. The van der Waals surface area contributed by atoms with E-state index >= 15 is 0 Å². The second-order valence-electron chi connectivity index (χ2n) is 5.60. The van der Waals surface area contributed by atoms with E-state index in [0.717, 1.165) is 36.7 Å². The molecule has 0 saturated carbocycles. The standard InChI is InChI=1S/C20H22N2O2S/c1-23-20-13-16(14-21-11-9-17-5-2-3-10-22-17)7-8-19(20)24-15-18-6-4-12-25-18/h2-8,10,12-13,21H,9,11,14-15H2,1H3. The van der Waals surface area contributed by atoms with Gasteiger partial charge in [0.15, 0.2) is 11.5 Å². The van der Waals surface area contributed by atoms with Crippen LogP contribution in [0.4, 0.5) is 0 Å². The van der Waals surface area contributed by atoms with Crippen LogP contribution in [0.25, 0.3) is 0 Å². The summed E-state index contributed by atoms with van der Waals surface area (Å²) < 4.78 is 11.3. The molecule has 0 fully saturated rings. The highest BCUT2D eigenvalue weighted by atomic mass is 32.1. The van der Waals surface area contributed by atoms with E-state index in [9.17, 15) is 0 Å². The van der Waals surface area contributed by atoms with Crippen molar-refractivity contribution in [2.45, 2.75) is 19.6 Å². The molecule has 0 aliphatic heterocycles. The minimum Gasteiger partial charge on any atom is -0.493 e. The minimum absolute atomic E-state index is 0.565. The van der Waals surface area contributed by atoms with Gasteiger partial charge in [-0.15, -0.1) is 11.3 Å². The maximum atomic E-state index is 5.87. The SMILES string of the molecule is COc1cc(CNCCc2ccccn2)ccc1OCc1cccs1. The molecule has 0 spiro atoms. The fraction of sp³-hybridized carbons (Fsp3) is 0.250. The first kappa shape index (κ1) is 17.5. The number of pyridine rings is 1. The van der Waals surface area contributed by atoms with Crippen molar-refractivity contribution in [3.8, 4) is 11.5 Å². The van der Waals surface area contributed by atoms with Gasteiger partial charge >= 0.3 is 0 Å². The number of hydrogen-bond donors (Lipinski definition) is 1. The van der Waals surface area contributed by atoms with Crippen LogP contribution < -0.4 is 14.8 Å². The van der Waals surface area contributed by atoms with E-state index < -0.39 is 0 Å². The fourth-order valence-electron chi connectivity index (χ4n) is 2.48. The number of ether oxygens (including phenoxy) is 2. The van der Waals surface area contributed by atoms with Gasteiger partial charge in [-0.1, -0.05) is 18.2 Å². The van der Waals surface area contributed by atoms with E-state index in [1.165, 1.54) is 10.4 Å². The van der Waals surface area contributed by atoms with E-state index in [1.807, 2.05) is 42.6 Å². The topological polar surface area (TPSA) is 43.4 Å². The number of nitrogens with one attached hydrogen (secondary N) is 1. The highest BCUT2D eigenvalue weighted by Gasteiger charge is 2.06. The Kier molecular flexibility index (Phi) is 6.42. The molecule has 3 rings (SSSR count). The smallest absolute Gasteiger partial charge is 0.161 e. The second-order valence-corrected chi connectivity index (χ2v) is 6.63. The van der Waals surface area contributed by atoms with Crippen molar-refractivity contribution in [2.24, 2.45) is 0 Å². The normalized spacial score (nSPS) is 10.6. The van der Waals surface area contributed by atoms with E-state index in [4.69, 9.17) is 9.47 Å². The van der Waals surface area contributed by atoms with Gasteiger partial charge in [-0.2, -0.15) is 0 Å². The Morgan fingerprint density at radius 2 is 2.04 bits per heavy atom. The summed E-state index contributed by atoms with van der Waals surface area (Å²) in [6.45, 7) is 2.24. The molecular formula is C20H22N2O2S. The molecule has 0 unspecified atom stereocenters.